The molecule has 1 fully saturated rings. The minimum atomic E-state index is 0.191. The Morgan fingerprint density at radius 2 is 1.81 bits per heavy atom. The molecule has 142 valence electrons. The lowest BCUT2D eigenvalue weighted by atomic mass is 10.0. The standard InChI is InChI=1S/C21H30N2O2S/c1-2-3-7-20(24)22-10-5-11-23(13-12-22)21(25)16-17-8-9-19-18(15-17)6-4-14-26-19/h8-9,15H,2-7,10-14,16H2,1H3. The van der Waals surface area contributed by atoms with Gasteiger partial charge in [-0.3, -0.25) is 9.59 Å². The number of unbranched alkanes of at least 4 members (excludes halogenated alkanes) is 1. The third kappa shape index (κ3) is 5.03. The molecule has 0 saturated carbocycles. The summed E-state index contributed by atoms with van der Waals surface area (Å²) < 4.78 is 0. The van der Waals surface area contributed by atoms with Crippen molar-refractivity contribution in [3.63, 3.8) is 0 Å². The Balaban J connectivity index is 1.54. The number of rotatable bonds is 5. The normalized spacial score (nSPS) is 17.6. The van der Waals surface area contributed by atoms with Gasteiger partial charge in [0.05, 0.1) is 6.42 Å². The molecule has 0 N–H and O–H groups in total. The number of thioether (sulfide) groups is 1. The lowest BCUT2D eigenvalue weighted by Crippen LogP contribution is -2.37. The summed E-state index contributed by atoms with van der Waals surface area (Å²) >= 11 is 1.92. The molecule has 0 spiro atoms. The maximum atomic E-state index is 12.8. The van der Waals surface area contributed by atoms with Crippen molar-refractivity contribution in [2.24, 2.45) is 0 Å². The van der Waals surface area contributed by atoms with Gasteiger partial charge in [-0.1, -0.05) is 25.5 Å². The Hall–Kier alpha value is -1.49. The first-order chi connectivity index (χ1) is 12.7. The first-order valence-corrected chi connectivity index (χ1v) is 11.0. The summed E-state index contributed by atoms with van der Waals surface area (Å²) in [5, 5.41) is 0. The minimum Gasteiger partial charge on any atom is -0.341 e. The Bertz CT molecular complexity index is 647. The maximum absolute atomic E-state index is 12.8. The molecule has 2 aliphatic rings. The van der Waals surface area contributed by atoms with Crippen LogP contribution in [0.3, 0.4) is 0 Å². The highest BCUT2D eigenvalue weighted by molar-refractivity contribution is 7.99. The zero-order valence-corrected chi connectivity index (χ0v) is 16.7. The van der Waals surface area contributed by atoms with E-state index < -0.39 is 0 Å². The number of fused-ring (bicyclic) bond motifs is 1. The molecule has 2 heterocycles. The lowest BCUT2D eigenvalue weighted by molar-refractivity contribution is -0.133. The molecular formula is C21H30N2O2S. The Labute approximate surface area is 161 Å². The van der Waals surface area contributed by atoms with Gasteiger partial charge in [-0.05, 0) is 48.6 Å². The van der Waals surface area contributed by atoms with E-state index in [0.29, 0.717) is 25.9 Å². The van der Waals surface area contributed by atoms with E-state index in [-0.39, 0.29) is 11.8 Å². The van der Waals surface area contributed by atoms with E-state index in [1.165, 1.54) is 22.6 Å². The van der Waals surface area contributed by atoms with E-state index in [2.05, 4.69) is 25.1 Å². The number of carbonyl (C=O) groups is 2. The highest BCUT2D eigenvalue weighted by Gasteiger charge is 2.22. The van der Waals surface area contributed by atoms with Crippen molar-refractivity contribution >= 4 is 23.6 Å². The molecule has 4 nitrogen and oxygen atoms in total. The van der Waals surface area contributed by atoms with Crippen LogP contribution >= 0.6 is 11.8 Å². The minimum absolute atomic E-state index is 0.191. The van der Waals surface area contributed by atoms with Gasteiger partial charge in [0.2, 0.25) is 11.8 Å². The van der Waals surface area contributed by atoms with E-state index in [9.17, 15) is 9.59 Å². The summed E-state index contributed by atoms with van der Waals surface area (Å²) in [4.78, 5) is 30.3. The Morgan fingerprint density at radius 1 is 1.04 bits per heavy atom. The number of amides is 2. The number of carbonyl (C=O) groups excluding carboxylic acids is 2. The zero-order valence-electron chi connectivity index (χ0n) is 15.8. The molecule has 0 unspecified atom stereocenters. The molecule has 1 aromatic carbocycles. The molecule has 5 heteroatoms. The summed E-state index contributed by atoms with van der Waals surface area (Å²) in [5.41, 5.74) is 2.52. The van der Waals surface area contributed by atoms with Gasteiger partial charge in [0.1, 0.15) is 0 Å². The van der Waals surface area contributed by atoms with E-state index >= 15 is 0 Å². The lowest BCUT2D eigenvalue weighted by Gasteiger charge is -2.23. The van der Waals surface area contributed by atoms with Gasteiger partial charge >= 0.3 is 0 Å². The second-order valence-corrected chi connectivity index (χ2v) is 8.43. The van der Waals surface area contributed by atoms with Gasteiger partial charge in [0, 0.05) is 37.5 Å². The third-order valence-corrected chi connectivity index (χ3v) is 6.48. The number of hydrogen-bond acceptors (Lipinski definition) is 3. The van der Waals surface area contributed by atoms with Crippen LogP contribution < -0.4 is 0 Å². The monoisotopic (exact) mass is 374 g/mol. The van der Waals surface area contributed by atoms with Crippen LogP contribution in [0.5, 0.6) is 0 Å². The van der Waals surface area contributed by atoms with Crippen molar-refractivity contribution in [1.82, 2.24) is 9.80 Å². The second-order valence-electron chi connectivity index (χ2n) is 7.29. The third-order valence-electron chi connectivity index (χ3n) is 5.27. The topological polar surface area (TPSA) is 40.6 Å². The number of nitrogens with zero attached hydrogens (tertiary/aromatic N) is 2. The van der Waals surface area contributed by atoms with Crippen LogP contribution in [0.2, 0.25) is 0 Å². The predicted molar refractivity (Wildman–Crippen MR) is 106 cm³/mol. The summed E-state index contributed by atoms with van der Waals surface area (Å²) in [5.74, 6) is 1.64. The van der Waals surface area contributed by atoms with E-state index in [1.54, 1.807) is 0 Å². The molecule has 26 heavy (non-hydrogen) atoms. The fourth-order valence-corrected chi connectivity index (χ4v) is 4.73. The molecule has 0 bridgehead atoms. The van der Waals surface area contributed by atoms with Crippen LogP contribution in [-0.2, 0) is 22.4 Å². The highest BCUT2D eigenvalue weighted by atomic mass is 32.2. The second kappa shape index (κ2) is 9.45. The van der Waals surface area contributed by atoms with Crippen molar-refractivity contribution in [3.05, 3.63) is 29.3 Å². The fraction of sp³-hybridized carbons (Fsp3) is 0.619. The quantitative estimate of drug-likeness (QED) is 0.792. The first kappa shape index (κ1) is 19.3. The SMILES string of the molecule is CCCCC(=O)N1CCCN(C(=O)Cc2ccc3c(c2)CCCS3)CC1. The summed E-state index contributed by atoms with van der Waals surface area (Å²) in [6.45, 7) is 4.99. The van der Waals surface area contributed by atoms with Gasteiger partial charge in [-0.2, -0.15) is 0 Å². The molecule has 0 aliphatic carbocycles. The number of aryl methyl sites for hydroxylation is 1. The van der Waals surface area contributed by atoms with Gasteiger partial charge in [-0.15, -0.1) is 11.8 Å². The molecule has 1 saturated heterocycles. The smallest absolute Gasteiger partial charge is 0.227 e. The molecule has 0 radical (unpaired) electrons. The van der Waals surface area contributed by atoms with Crippen molar-refractivity contribution in [2.45, 2.75) is 56.8 Å². The van der Waals surface area contributed by atoms with Gasteiger partial charge in [0.25, 0.3) is 0 Å². The van der Waals surface area contributed by atoms with E-state index in [1.807, 2.05) is 21.6 Å². The summed E-state index contributed by atoms with van der Waals surface area (Å²) in [7, 11) is 0. The molecule has 2 aliphatic heterocycles. The Morgan fingerprint density at radius 3 is 2.58 bits per heavy atom. The van der Waals surface area contributed by atoms with Crippen molar-refractivity contribution < 1.29 is 9.59 Å². The molecule has 0 atom stereocenters. The maximum Gasteiger partial charge on any atom is 0.227 e. The van der Waals surface area contributed by atoms with Gasteiger partial charge in [-0.25, -0.2) is 0 Å². The summed E-state index contributed by atoms with van der Waals surface area (Å²) in [6, 6.07) is 6.50. The first-order valence-electron chi connectivity index (χ1n) is 9.97. The average Bonchev–Trinajstić information content (AvgIpc) is 2.92. The zero-order chi connectivity index (χ0) is 18.4. The van der Waals surface area contributed by atoms with Crippen LogP contribution in [0.25, 0.3) is 0 Å². The predicted octanol–water partition coefficient (Wildman–Crippen LogP) is 3.52. The van der Waals surface area contributed by atoms with Crippen molar-refractivity contribution in [2.75, 3.05) is 31.9 Å². The van der Waals surface area contributed by atoms with E-state index in [4.69, 9.17) is 0 Å². The van der Waals surface area contributed by atoms with Crippen molar-refractivity contribution in [1.29, 1.82) is 0 Å². The number of benzene rings is 1. The Kier molecular flexibility index (Phi) is 7.00. The van der Waals surface area contributed by atoms with Crippen molar-refractivity contribution in [3.8, 4) is 0 Å². The van der Waals surface area contributed by atoms with E-state index in [0.717, 1.165) is 44.3 Å². The van der Waals surface area contributed by atoms with Crippen LogP contribution in [0.15, 0.2) is 23.1 Å². The molecule has 3 rings (SSSR count). The fourth-order valence-electron chi connectivity index (χ4n) is 3.71. The van der Waals surface area contributed by atoms with Crippen LogP contribution in [-0.4, -0.2) is 53.5 Å². The number of hydrogen-bond donors (Lipinski definition) is 0. The highest BCUT2D eigenvalue weighted by Crippen LogP contribution is 2.30. The van der Waals surface area contributed by atoms with Gasteiger partial charge < -0.3 is 9.80 Å². The summed E-state index contributed by atoms with van der Waals surface area (Å²) in [6.07, 6.45) is 6.34. The molecule has 1 aromatic rings. The van der Waals surface area contributed by atoms with Crippen LogP contribution in [0.1, 0.15) is 50.2 Å². The average molecular weight is 375 g/mol. The van der Waals surface area contributed by atoms with Crippen LogP contribution in [0.4, 0.5) is 0 Å². The molecule has 0 aromatic heterocycles. The van der Waals surface area contributed by atoms with Crippen LogP contribution in [0, 0.1) is 0 Å². The van der Waals surface area contributed by atoms with Gasteiger partial charge in [0.15, 0.2) is 0 Å². The molecule has 2 amide bonds. The molecular weight excluding hydrogens is 344 g/mol. The largest absolute Gasteiger partial charge is 0.341 e.